The van der Waals surface area contributed by atoms with E-state index in [1.807, 2.05) is 47.7 Å². The summed E-state index contributed by atoms with van der Waals surface area (Å²) in [6.07, 6.45) is 8.91. The number of allylic oxidation sites excluding steroid dienone is 2. The molecule has 1 atom stereocenters. The zero-order valence-electron chi connectivity index (χ0n) is 27.7. The molecule has 1 fully saturated rings. The van der Waals surface area contributed by atoms with Crippen LogP contribution in [0.1, 0.15) is 118 Å². The van der Waals surface area contributed by atoms with Crippen LogP contribution in [-0.4, -0.2) is 15.9 Å². The Labute approximate surface area is 269 Å². The number of hydrogen-bond donors (Lipinski definition) is 1. The summed E-state index contributed by atoms with van der Waals surface area (Å²) >= 11 is 0. The molecule has 1 radical (unpaired) electrons. The summed E-state index contributed by atoms with van der Waals surface area (Å²) in [7, 11) is 0. The molecule has 1 N–H and O–H groups in total. The van der Waals surface area contributed by atoms with Crippen molar-refractivity contribution in [2.24, 2.45) is 16.7 Å². The van der Waals surface area contributed by atoms with Gasteiger partial charge in [0.15, 0.2) is 5.78 Å². The second-order valence-electron chi connectivity index (χ2n) is 15.1. The van der Waals surface area contributed by atoms with Crippen molar-refractivity contribution in [1.82, 2.24) is 4.98 Å². The van der Waals surface area contributed by atoms with Gasteiger partial charge in [-0.3, -0.25) is 4.79 Å². The molecule has 0 amide bonds. The number of ketones is 1. The molecule has 4 heteroatoms. The Hall–Kier alpha value is -2.29. The molecule has 1 aliphatic rings. The van der Waals surface area contributed by atoms with Gasteiger partial charge in [0.25, 0.3) is 0 Å². The molecule has 1 aromatic heterocycles. The smallest absolute Gasteiger partial charge is 0.164 e. The Morgan fingerprint density at radius 1 is 0.929 bits per heavy atom. The minimum atomic E-state index is -0.417. The Bertz CT molecular complexity index is 1390. The van der Waals surface area contributed by atoms with Gasteiger partial charge >= 0.3 is 0 Å². The average molecular weight is 747 g/mol. The fraction of sp³-hybridized carbons (Fsp3) is 0.526. The van der Waals surface area contributed by atoms with Crippen molar-refractivity contribution < 1.29 is 30.0 Å². The maximum Gasteiger partial charge on any atom is 0.164 e. The third kappa shape index (κ3) is 9.61. The molecule has 4 rings (SSSR count). The van der Waals surface area contributed by atoms with Crippen LogP contribution >= 0.6 is 0 Å². The fourth-order valence-corrected chi connectivity index (χ4v) is 5.16. The van der Waals surface area contributed by atoms with E-state index in [2.05, 4.69) is 77.1 Å². The number of rotatable bonds is 4. The predicted octanol–water partition coefficient (Wildman–Crippen LogP) is 10.7. The van der Waals surface area contributed by atoms with Gasteiger partial charge in [-0.25, -0.2) is 0 Å². The van der Waals surface area contributed by atoms with Crippen molar-refractivity contribution in [3.63, 3.8) is 0 Å². The van der Waals surface area contributed by atoms with Crippen LogP contribution in [0.4, 0.5) is 0 Å². The molecule has 0 bridgehead atoms. The Kier molecular flexibility index (Phi) is 12.0. The summed E-state index contributed by atoms with van der Waals surface area (Å²) in [6, 6.07) is 17.2. The van der Waals surface area contributed by atoms with Crippen LogP contribution in [0.3, 0.4) is 0 Å². The number of aliphatic hydroxyl groups is 1. The Morgan fingerprint density at radius 2 is 1.55 bits per heavy atom. The van der Waals surface area contributed by atoms with Crippen LogP contribution in [0, 0.1) is 29.7 Å². The summed E-state index contributed by atoms with van der Waals surface area (Å²) in [5.74, 6) is 1.59. The molecule has 1 aliphatic carbocycles. The zero-order valence-corrected chi connectivity index (χ0v) is 30.1. The number of aliphatic hydroxyl groups excluding tert-OH is 1. The monoisotopic (exact) mass is 747 g/mol. The molecule has 1 heterocycles. The van der Waals surface area contributed by atoms with Gasteiger partial charge < -0.3 is 10.1 Å². The third-order valence-electron chi connectivity index (χ3n) is 8.30. The first-order valence-electron chi connectivity index (χ1n) is 15.3. The van der Waals surface area contributed by atoms with E-state index in [9.17, 15) is 9.90 Å². The van der Waals surface area contributed by atoms with Crippen LogP contribution in [0.15, 0.2) is 54.4 Å². The molecule has 0 saturated heterocycles. The first kappa shape index (κ1) is 35.9. The quantitative estimate of drug-likeness (QED) is 0.164. The molecule has 0 spiro atoms. The van der Waals surface area contributed by atoms with Crippen molar-refractivity contribution >= 4 is 16.6 Å². The van der Waals surface area contributed by atoms with E-state index in [1.54, 1.807) is 0 Å². The second kappa shape index (κ2) is 14.0. The van der Waals surface area contributed by atoms with Crippen molar-refractivity contribution in [2.45, 2.75) is 113 Å². The van der Waals surface area contributed by atoms with Gasteiger partial charge in [-0.05, 0) is 52.1 Å². The van der Waals surface area contributed by atoms with Crippen molar-refractivity contribution in [2.75, 3.05) is 0 Å². The van der Waals surface area contributed by atoms with Gasteiger partial charge in [-0.1, -0.05) is 113 Å². The molecular weight excluding hydrogens is 695 g/mol. The summed E-state index contributed by atoms with van der Waals surface area (Å²) in [4.78, 5) is 16.2. The molecule has 3 nitrogen and oxygen atoms in total. The van der Waals surface area contributed by atoms with E-state index in [0.717, 1.165) is 17.2 Å². The van der Waals surface area contributed by atoms with Crippen LogP contribution < -0.4 is 0 Å². The molecule has 0 aliphatic heterocycles. The number of pyridine rings is 1. The average Bonchev–Trinajstić information content (AvgIpc) is 3.41. The number of hydrogen-bond acceptors (Lipinski definition) is 3. The van der Waals surface area contributed by atoms with E-state index >= 15 is 0 Å². The Balaban J connectivity index is 0.000000377. The maximum absolute atomic E-state index is 11.5. The van der Waals surface area contributed by atoms with Crippen LogP contribution in [0.25, 0.3) is 22.0 Å². The first-order chi connectivity index (χ1) is 18.9. The van der Waals surface area contributed by atoms with Gasteiger partial charge in [0, 0.05) is 43.2 Å². The molecule has 2 aromatic carbocycles. The minimum absolute atomic E-state index is 0. The summed E-state index contributed by atoms with van der Waals surface area (Å²) in [5, 5.41) is 12.1. The molecule has 42 heavy (non-hydrogen) atoms. The van der Waals surface area contributed by atoms with E-state index in [-0.39, 0.29) is 42.5 Å². The standard InChI is InChI=1S/C27H32N.C11H20O2.Ir/c1-18-12-24(15-25(13-18)27(3,4)5)26-16-23-14-21(10-11-22(23)17-28-26)19(2)20-8-6-7-9-20;1-10(2,3)8(12)7-9(13)11(4,5)6;/h10-11,13-17,19-20H,6-9H2,1-5H3;7,12H,1-6H3;/q-1;;/b;8-7-;. The molecule has 1 saturated carbocycles. The van der Waals surface area contributed by atoms with Crippen LogP contribution in [0.2, 0.25) is 0 Å². The number of aromatic nitrogens is 1. The van der Waals surface area contributed by atoms with E-state index < -0.39 is 5.41 Å². The first-order valence-corrected chi connectivity index (χ1v) is 15.3. The van der Waals surface area contributed by atoms with E-state index in [4.69, 9.17) is 4.98 Å². The summed E-state index contributed by atoms with van der Waals surface area (Å²) in [5.41, 5.74) is 5.46. The third-order valence-corrected chi connectivity index (χ3v) is 8.30. The minimum Gasteiger partial charge on any atom is -0.512 e. The summed E-state index contributed by atoms with van der Waals surface area (Å²) in [6.45, 7) is 22.4. The number of benzene rings is 2. The van der Waals surface area contributed by atoms with Gasteiger partial charge in [0.05, 0.1) is 0 Å². The fourth-order valence-electron chi connectivity index (χ4n) is 5.16. The molecule has 3 aromatic rings. The van der Waals surface area contributed by atoms with Gasteiger partial charge in [-0.2, -0.15) is 0 Å². The zero-order chi connectivity index (χ0) is 30.8. The second-order valence-corrected chi connectivity index (χ2v) is 15.1. The number of nitrogens with zero attached hydrogens (tertiary/aromatic N) is 1. The van der Waals surface area contributed by atoms with Crippen molar-refractivity contribution in [1.29, 1.82) is 0 Å². The predicted molar refractivity (Wildman–Crippen MR) is 174 cm³/mol. The largest absolute Gasteiger partial charge is 0.512 e. The molecule has 231 valence electrons. The van der Waals surface area contributed by atoms with Crippen molar-refractivity contribution in [3.8, 4) is 11.3 Å². The normalized spacial score (nSPS) is 15.5. The van der Waals surface area contributed by atoms with Gasteiger partial charge in [-0.15, -0.1) is 34.9 Å². The number of carbonyl (C=O) groups is 1. The maximum atomic E-state index is 11.5. The van der Waals surface area contributed by atoms with E-state index in [1.165, 1.54) is 59.2 Å². The summed E-state index contributed by atoms with van der Waals surface area (Å²) < 4.78 is 0. The number of fused-ring (bicyclic) bond motifs is 1. The Morgan fingerprint density at radius 3 is 2.10 bits per heavy atom. The molecular formula is C38H52IrNO2-. The van der Waals surface area contributed by atoms with E-state index in [0.29, 0.717) is 5.92 Å². The van der Waals surface area contributed by atoms with Gasteiger partial charge in [0.1, 0.15) is 5.76 Å². The van der Waals surface area contributed by atoms with Crippen molar-refractivity contribution in [3.05, 3.63) is 77.2 Å². The van der Waals surface area contributed by atoms with Crippen LogP contribution in [-0.2, 0) is 30.3 Å². The SMILES string of the molecule is CC(C)(C)C(=O)/C=C(\O)C(C)(C)C.Cc1[c-]c(-c2cc3cc(C(C)C4CCCC4)ccc3cn2)cc(C(C)(C)C)c1.[Ir]. The topological polar surface area (TPSA) is 50.2 Å². The number of aryl methyl sites for hydroxylation is 1. The molecule has 1 unspecified atom stereocenters. The number of carbonyl (C=O) groups excluding carboxylic acids is 1. The van der Waals surface area contributed by atoms with Crippen LogP contribution in [0.5, 0.6) is 0 Å². The van der Waals surface area contributed by atoms with Gasteiger partial charge in [0.2, 0.25) is 0 Å².